The minimum atomic E-state index is -2.22. The highest BCUT2D eigenvalue weighted by Crippen LogP contribution is 2.23. The molecule has 0 radical (unpaired) electrons. The van der Waals surface area contributed by atoms with Crippen LogP contribution in [0.3, 0.4) is 0 Å². The van der Waals surface area contributed by atoms with Gasteiger partial charge < -0.3 is 30.5 Å². The molecule has 0 unspecified atom stereocenters. The average Bonchev–Trinajstić information content (AvgIpc) is 2.29. The molecule has 94 valence electrons. The first-order valence-electron chi connectivity index (χ1n) is 4.49. The van der Waals surface area contributed by atoms with Crippen molar-refractivity contribution in [2.45, 2.75) is 24.1 Å². The average molecular weight is 238 g/mol. The number of aliphatic hydroxyl groups excluding tert-OH is 3. The maximum atomic E-state index is 10.6. The number of amides is 2. The second-order valence-corrected chi connectivity index (χ2v) is 3.45. The molecule has 4 atom stereocenters. The zero-order chi connectivity index (χ0) is 12.3. The van der Waals surface area contributed by atoms with E-state index in [1.165, 1.54) is 5.48 Å². The number of hydrogen-bond donors (Lipinski definition) is 7. The minimum Gasteiger partial charge on any atom is -0.388 e. The summed E-state index contributed by atoms with van der Waals surface area (Å²) in [6, 6.07) is -1.01. The fraction of sp³-hybridized carbons (Fsp3) is 0.857. The lowest BCUT2D eigenvalue weighted by Crippen LogP contribution is -2.65. The van der Waals surface area contributed by atoms with Gasteiger partial charge in [0.1, 0.15) is 18.3 Å². The molecule has 9 heteroatoms. The number of aliphatic hydroxyl groups is 4. The van der Waals surface area contributed by atoms with Gasteiger partial charge in [-0.3, -0.25) is 5.21 Å². The zero-order valence-corrected chi connectivity index (χ0v) is 8.20. The fourth-order valence-electron chi connectivity index (χ4n) is 1.29. The van der Waals surface area contributed by atoms with E-state index >= 15 is 0 Å². The van der Waals surface area contributed by atoms with Crippen LogP contribution in [0.15, 0.2) is 0 Å². The Morgan fingerprint density at radius 2 is 2.06 bits per heavy atom. The number of hydrogen-bond acceptors (Lipinski definition) is 7. The summed E-state index contributed by atoms with van der Waals surface area (Å²) in [4.78, 5) is 10.6. The van der Waals surface area contributed by atoms with Gasteiger partial charge in [-0.05, 0) is 0 Å². The van der Waals surface area contributed by atoms with Crippen LogP contribution in [-0.4, -0.2) is 68.9 Å². The fourth-order valence-corrected chi connectivity index (χ4v) is 1.29. The lowest BCUT2D eigenvalue weighted by Gasteiger charge is -2.41. The van der Waals surface area contributed by atoms with Gasteiger partial charge in [0, 0.05) is 0 Å². The van der Waals surface area contributed by atoms with Crippen LogP contribution in [0.5, 0.6) is 0 Å². The Kier molecular flexibility index (Phi) is 4.02. The van der Waals surface area contributed by atoms with Crippen LogP contribution in [0.25, 0.3) is 0 Å². The first kappa shape index (κ1) is 13.1. The van der Waals surface area contributed by atoms with E-state index in [0.717, 1.165) is 0 Å². The van der Waals surface area contributed by atoms with Gasteiger partial charge in [-0.1, -0.05) is 0 Å². The molecule has 0 spiro atoms. The predicted molar refractivity (Wildman–Crippen MR) is 47.2 cm³/mol. The summed E-state index contributed by atoms with van der Waals surface area (Å²) in [7, 11) is 0. The third-order valence-corrected chi connectivity index (χ3v) is 2.29. The summed E-state index contributed by atoms with van der Waals surface area (Å²) in [6.45, 7) is -0.957. The quantitative estimate of drug-likeness (QED) is 0.194. The van der Waals surface area contributed by atoms with Crippen molar-refractivity contribution < 1.29 is 35.2 Å². The molecule has 0 saturated carbocycles. The Morgan fingerprint density at radius 1 is 1.44 bits per heavy atom. The molecular weight excluding hydrogens is 224 g/mol. The van der Waals surface area contributed by atoms with Crippen molar-refractivity contribution in [1.29, 1.82) is 0 Å². The first-order chi connectivity index (χ1) is 7.40. The van der Waals surface area contributed by atoms with Crippen molar-refractivity contribution in [3.05, 3.63) is 0 Å². The van der Waals surface area contributed by atoms with Gasteiger partial charge in [0.25, 0.3) is 0 Å². The maximum absolute atomic E-state index is 10.6. The number of nitrogens with one attached hydrogen (secondary N) is 2. The second-order valence-electron chi connectivity index (χ2n) is 3.45. The molecule has 1 aliphatic heterocycles. The molecule has 1 aliphatic rings. The second kappa shape index (κ2) is 4.91. The molecule has 16 heavy (non-hydrogen) atoms. The highest BCUT2D eigenvalue weighted by Gasteiger charge is 2.48. The van der Waals surface area contributed by atoms with E-state index < -0.39 is 43.3 Å². The number of urea groups is 1. The van der Waals surface area contributed by atoms with Gasteiger partial charge in [0.2, 0.25) is 5.79 Å². The van der Waals surface area contributed by atoms with Crippen LogP contribution in [-0.2, 0) is 4.74 Å². The van der Waals surface area contributed by atoms with E-state index in [-0.39, 0.29) is 0 Å². The zero-order valence-electron chi connectivity index (χ0n) is 8.20. The molecule has 0 aliphatic carbocycles. The summed E-state index contributed by atoms with van der Waals surface area (Å²) in [5.74, 6) is -2.22. The predicted octanol–water partition coefficient (Wildman–Crippen LogP) is -3.52. The van der Waals surface area contributed by atoms with Gasteiger partial charge in [0.05, 0.1) is 13.2 Å². The highest BCUT2D eigenvalue weighted by molar-refractivity contribution is 5.72. The molecule has 7 N–H and O–H groups in total. The molecule has 0 aromatic rings. The van der Waals surface area contributed by atoms with Crippen molar-refractivity contribution in [1.82, 2.24) is 10.8 Å². The molecule has 2 amide bonds. The van der Waals surface area contributed by atoms with Crippen LogP contribution < -0.4 is 10.8 Å². The molecule has 0 aromatic carbocycles. The minimum absolute atomic E-state index is 0.392. The lowest BCUT2D eigenvalue weighted by molar-refractivity contribution is -0.317. The van der Waals surface area contributed by atoms with Crippen molar-refractivity contribution >= 4 is 6.03 Å². The molecular formula is C7H14N2O7. The molecule has 0 bridgehead atoms. The van der Waals surface area contributed by atoms with E-state index in [1.54, 1.807) is 0 Å². The summed E-state index contributed by atoms with van der Waals surface area (Å²) in [6.07, 6.45) is -4.69. The van der Waals surface area contributed by atoms with E-state index in [4.69, 9.17) is 15.1 Å². The summed E-state index contributed by atoms with van der Waals surface area (Å²) < 4.78 is 4.73. The SMILES string of the molecule is O=C(NO)NC[C@@]1(O)OC[C@@H](O)[C@@H](O)[C@@H]1O. The number of ether oxygens (including phenoxy) is 1. The summed E-state index contributed by atoms with van der Waals surface area (Å²) in [5, 5.41) is 47.7. The normalized spacial score (nSPS) is 39.2. The molecule has 1 saturated heterocycles. The standard InChI is InChI=1S/C7H14N2O7/c10-3-1-16-7(14,5(12)4(3)11)2-8-6(13)9-15/h3-5,10-12,14-15H,1-2H2,(H2,8,9,13)/t3-,4-,5+,7-/m1/s1. The van der Waals surface area contributed by atoms with E-state index in [0.29, 0.717) is 0 Å². The molecule has 1 heterocycles. The molecule has 1 fully saturated rings. The van der Waals surface area contributed by atoms with E-state index in [9.17, 15) is 20.1 Å². The Bertz CT molecular complexity index is 263. The van der Waals surface area contributed by atoms with E-state index in [1.807, 2.05) is 5.32 Å². The van der Waals surface area contributed by atoms with Gasteiger partial charge >= 0.3 is 6.03 Å². The smallest absolute Gasteiger partial charge is 0.338 e. The Labute approximate surface area is 90.2 Å². The van der Waals surface area contributed by atoms with Gasteiger partial charge in [-0.15, -0.1) is 0 Å². The number of carbonyl (C=O) groups is 1. The third kappa shape index (κ3) is 2.58. The molecule has 1 rings (SSSR count). The van der Waals surface area contributed by atoms with Crippen molar-refractivity contribution in [2.24, 2.45) is 0 Å². The highest BCUT2D eigenvalue weighted by atomic mass is 16.6. The molecule has 9 nitrogen and oxygen atoms in total. The van der Waals surface area contributed by atoms with Crippen molar-refractivity contribution in [2.75, 3.05) is 13.2 Å². The largest absolute Gasteiger partial charge is 0.388 e. The van der Waals surface area contributed by atoms with Gasteiger partial charge in [-0.25, -0.2) is 10.3 Å². The Hall–Kier alpha value is -0.970. The summed E-state index contributed by atoms with van der Waals surface area (Å²) >= 11 is 0. The van der Waals surface area contributed by atoms with E-state index in [2.05, 4.69) is 0 Å². The van der Waals surface area contributed by atoms with Crippen LogP contribution in [0.4, 0.5) is 4.79 Å². The number of rotatable bonds is 2. The monoisotopic (exact) mass is 238 g/mol. The topological polar surface area (TPSA) is 152 Å². The maximum Gasteiger partial charge on any atom is 0.338 e. The Balaban J connectivity index is 2.59. The lowest BCUT2D eigenvalue weighted by atomic mass is 9.97. The Morgan fingerprint density at radius 3 is 2.62 bits per heavy atom. The van der Waals surface area contributed by atoms with Crippen LogP contribution >= 0.6 is 0 Å². The van der Waals surface area contributed by atoms with Crippen LogP contribution in [0, 0.1) is 0 Å². The number of carbonyl (C=O) groups excluding carboxylic acids is 1. The van der Waals surface area contributed by atoms with Gasteiger partial charge in [-0.2, -0.15) is 0 Å². The van der Waals surface area contributed by atoms with Crippen molar-refractivity contribution in [3.8, 4) is 0 Å². The van der Waals surface area contributed by atoms with Gasteiger partial charge in [0.15, 0.2) is 0 Å². The summed E-state index contributed by atoms with van der Waals surface area (Å²) in [5.41, 5.74) is 1.25. The third-order valence-electron chi connectivity index (χ3n) is 2.29. The molecule has 0 aromatic heterocycles. The van der Waals surface area contributed by atoms with Crippen LogP contribution in [0.1, 0.15) is 0 Å². The van der Waals surface area contributed by atoms with Crippen molar-refractivity contribution in [3.63, 3.8) is 0 Å². The van der Waals surface area contributed by atoms with Crippen LogP contribution in [0.2, 0.25) is 0 Å². The number of hydroxylamine groups is 1. The first-order valence-corrected chi connectivity index (χ1v) is 4.49.